The molecule has 9 nitrogen and oxygen atoms in total. The lowest BCUT2D eigenvalue weighted by atomic mass is 9.89. The summed E-state index contributed by atoms with van der Waals surface area (Å²) >= 11 is 0. The lowest BCUT2D eigenvalue weighted by Gasteiger charge is -2.37. The van der Waals surface area contributed by atoms with Gasteiger partial charge < -0.3 is 24.9 Å². The molecular formula is C46H48N4O5. The fourth-order valence-corrected chi connectivity index (χ4v) is 7.76. The van der Waals surface area contributed by atoms with Gasteiger partial charge in [-0.05, 0) is 84.5 Å². The number of carbonyl (C=O) groups is 3. The molecule has 5 aromatic rings. The summed E-state index contributed by atoms with van der Waals surface area (Å²) < 4.78 is 5.99. The van der Waals surface area contributed by atoms with Crippen LogP contribution in [0, 0.1) is 5.92 Å². The van der Waals surface area contributed by atoms with Gasteiger partial charge in [0, 0.05) is 61.0 Å². The smallest absolute Gasteiger partial charge is 0.344 e. The van der Waals surface area contributed by atoms with Gasteiger partial charge in [0.2, 0.25) is 11.8 Å². The van der Waals surface area contributed by atoms with Gasteiger partial charge in [-0.3, -0.25) is 14.4 Å². The molecule has 0 radical (unpaired) electrons. The van der Waals surface area contributed by atoms with Crippen molar-refractivity contribution in [2.75, 3.05) is 24.5 Å². The van der Waals surface area contributed by atoms with Crippen LogP contribution in [-0.2, 0) is 35.5 Å². The van der Waals surface area contributed by atoms with Crippen LogP contribution in [0.15, 0.2) is 118 Å². The van der Waals surface area contributed by atoms with Crippen molar-refractivity contribution >= 4 is 34.4 Å². The van der Waals surface area contributed by atoms with Crippen molar-refractivity contribution in [3.8, 4) is 11.1 Å². The van der Waals surface area contributed by atoms with Crippen molar-refractivity contribution < 1.29 is 18.8 Å². The predicted octanol–water partition coefficient (Wildman–Crippen LogP) is 7.20. The molecule has 0 saturated carbocycles. The molecule has 0 aliphatic carbocycles. The molecule has 9 heteroatoms. The summed E-state index contributed by atoms with van der Waals surface area (Å²) in [6.45, 7) is 7.10. The first kappa shape index (κ1) is 37.4. The Morgan fingerprint density at radius 1 is 0.855 bits per heavy atom. The third-order valence-electron chi connectivity index (χ3n) is 10.4. The Bertz CT molecular complexity index is 2200. The summed E-state index contributed by atoms with van der Waals surface area (Å²) in [5.41, 5.74) is 7.51. The van der Waals surface area contributed by atoms with Gasteiger partial charge in [0.25, 0.3) is 5.91 Å². The van der Waals surface area contributed by atoms with Gasteiger partial charge in [0.1, 0.15) is 11.6 Å². The molecule has 0 fully saturated rings. The highest BCUT2D eigenvalue weighted by atomic mass is 16.4. The highest BCUT2D eigenvalue weighted by Gasteiger charge is 2.28. The summed E-state index contributed by atoms with van der Waals surface area (Å²) in [6, 6.07) is 29.8. The van der Waals surface area contributed by atoms with Crippen LogP contribution in [0.5, 0.6) is 0 Å². The van der Waals surface area contributed by atoms with E-state index >= 15 is 0 Å². The van der Waals surface area contributed by atoms with Crippen molar-refractivity contribution in [1.82, 2.24) is 15.5 Å². The van der Waals surface area contributed by atoms with Gasteiger partial charge >= 0.3 is 5.63 Å². The zero-order valence-corrected chi connectivity index (χ0v) is 31.6. The summed E-state index contributed by atoms with van der Waals surface area (Å²) in [6.07, 6.45) is 7.63. The minimum absolute atomic E-state index is 0.130. The number of nitrogens with one attached hydrogen (secondary N) is 2. The van der Waals surface area contributed by atoms with E-state index in [1.165, 1.54) is 17.3 Å². The Kier molecular flexibility index (Phi) is 11.6. The maximum absolute atomic E-state index is 13.4. The topological polar surface area (TPSA) is 112 Å². The van der Waals surface area contributed by atoms with Gasteiger partial charge in [-0.15, -0.1) is 0 Å². The quantitative estimate of drug-likeness (QED) is 0.0977. The number of carbonyl (C=O) groups excluding carboxylic acids is 3. The molecule has 7 rings (SSSR count). The molecule has 282 valence electrons. The molecule has 2 N–H and O–H groups in total. The fraction of sp³-hybridized carbons (Fsp3) is 0.304. The Balaban J connectivity index is 0.991. The van der Waals surface area contributed by atoms with Crippen LogP contribution < -0.4 is 21.2 Å². The lowest BCUT2D eigenvalue weighted by molar-refractivity contribution is -0.127. The molecule has 1 aromatic heterocycles. The Hall–Kier alpha value is -5.96. The molecule has 0 spiro atoms. The van der Waals surface area contributed by atoms with E-state index < -0.39 is 17.6 Å². The van der Waals surface area contributed by atoms with Crippen LogP contribution >= 0.6 is 0 Å². The van der Waals surface area contributed by atoms with Gasteiger partial charge in [-0.25, -0.2) is 4.79 Å². The Labute approximate surface area is 322 Å². The van der Waals surface area contributed by atoms with E-state index in [2.05, 4.69) is 21.6 Å². The molecule has 0 saturated heterocycles. The average Bonchev–Trinajstić information content (AvgIpc) is 3.20. The van der Waals surface area contributed by atoms with Crippen molar-refractivity contribution in [3.63, 3.8) is 0 Å². The number of benzene rings is 4. The Morgan fingerprint density at radius 3 is 2.16 bits per heavy atom. The van der Waals surface area contributed by atoms with Crippen molar-refractivity contribution in [3.05, 3.63) is 147 Å². The van der Waals surface area contributed by atoms with Crippen LogP contribution in [0.2, 0.25) is 0 Å². The van der Waals surface area contributed by atoms with E-state index in [4.69, 9.17) is 4.42 Å². The van der Waals surface area contributed by atoms with Gasteiger partial charge in [-0.2, -0.15) is 0 Å². The van der Waals surface area contributed by atoms with Crippen LogP contribution in [0.25, 0.3) is 22.1 Å². The van der Waals surface area contributed by atoms with Gasteiger partial charge in [-0.1, -0.05) is 92.7 Å². The maximum atomic E-state index is 13.4. The number of aryl methyl sites for hydroxylation is 2. The number of hydrogen-bond donors (Lipinski definition) is 2. The number of hydrogen-bond acceptors (Lipinski definition) is 6. The SMILES string of the molecule is CC(C)C[C@H](NC(=O)c1ccc(-c2cc3cc4c5c(c3oc2=O)CCCN5CCC4)cc1)C(=O)NC/C=C/C(=O)N(Cc1ccccc1)Cc1ccccc1. The molecule has 4 aromatic carbocycles. The zero-order chi connectivity index (χ0) is 38.3. The van der Waals surface area contributed by atoms with E-state index in [-0.39, 0.29) is 24.3 Å². The molecule has 55 heavy (non-hydrogen) atoms. The molecule has 1 atom stereocenters. The molecule has 2 aliphatic rings. The molecule has 2 aliphatic heterocycles. The van der Waals surface area contributed by atoms with E-state index in [0.29, 0.717) is 41.8 Å². The number of nitrogens with zero attached hydrogens (tertiary/aromatic N) is 2. The fourth-order valence-electron chi connectivity index (χ4n) is 7.76. The highest BCUT2D eigenvalue weighted by molar-refractivity contribution is 5.98. The van der Waals surface area contributed by atoms with Crippen LogP contribution in [0.1, 0.15) is 65.7 Å². The normalized spacial score (nSPS) is 14.1. The van der Waals surface area contributed by atoms with Gasteiger partial charge in [0.05, 0.1) is 5.56 Å². The van der Waals surface area contributed by atoms with Crippen molar-refractivity contribution in [2.45, 2.75) is 65.1 Å². The summed E-state index contributed by atoms with van der Waals surface area (Å²) in [5, 5.41) is 6.69. The number of amides is 3. The minimum atomic E-state index is -0.778. The average molecular weight is 737 g/mol. The van der Waals surface area contributed by atoms with Crippen LogP contribution in [-0.4, -0.2) is 48.3 Å². The molecule has 3 amide bonds. The third kappa shape index (κ3) is 8.89. The highest BCUT2D eigenvalue weighted by Crippen LogP contribution is 2.40. The standard InChI is InChI=1S/C46H48N4O5/c1-31(2)26-40(45(53)47-23-9-18-41(51)50(29-32-12-5-3-6-13-32)30-33-14-7-4-8-15-33)48-44(52)35-21-19-34(20-22-35)39-28-37-27-36-16-10-24-49-25-11-17-38(42(36)49)43(37)55-46(39)54/h3-9,12-15,18-22,27-28,31,40H,10-11,16-17,23-26,29-30H2,1-2H3,(H,47,53)(H,48,52)/b18-9+/t40-/m0/s1. The number of fused-ring (bicyclic) bond motifs is 2. The van der Waals surface area contributed by atoms with Crippen LogP contribution in [0.3, 0.4) is 0 Å². The van der Waals surface area contributed by atoms with E-state index in [1.807, 2.05) is 80.6 Å². The second-order valence-electron chi connectivity index (χ2n) is 15.0. The maximum Gasteiger partial charge on any atom is 0.344 e. The molecule has 0 unspecified atom stereocenters. The first-order valence-electron chi connectivity index (χ1n) is 19.3. The molecular weight excluding hydrogens is 689 g/mol. The summed E-state index contributed by atoms with van der Waals surface area (Å²) in [7, 11) is 0. The first-order chi connectivity index (χ1) is 26.7. The van der Waals surface area contributed by atoms with Crippen molar-refractivity contribution in [1.29, 1.82) is 0 Å². The summed E-state index contributed by atoms with van der Waals surface area (Å²) in [4.78, 5) is 57.6. The van der Waals surface area contributed by atoms with E-state index in [9.17, 15) is 19.2 Å². The van der Waals surface area contributed by atoms with Gasteiger partial charge in [0.15, 0.2) is 0 Å². The minimum Gasteiger partial charge on any atom is -0.422 e. The predicted molar refractivity (Wildman–Crippen MR) is 217 cm³/mol. The largest absolute Gasteiger partial charge is 0.422 e. The van der Waals surface area contributed by atoms with E-state index in [1.54, 1.807) is 35.2 Å². The number of anilines is 1. The Morgan fingerprint density at radius 2 is 1.51 bits per heavy atom. The van der Waals surface area contributed by atoms with Crippen LogP contribution in [0.4, 0.5) is 5.69 Å². The van der Waals surface area contributed by atoms with E-state index in [0.717, 1.165) is 60.8 Å². The lowest BCUT2D eigenvalue weighted by Crippen LogP contribution is -2.47. The summed E-state index contributed by atoms with van der Waals surface area (Å²) in [5.74, 6) is -0.759. The second kappa shape index (κ2) is 17.0. The third-order valence-corrected chi connectivity index (χ3v) is 10.4. The van der Waals surface area contributed by atoms with Crippen molar-refractivity contribution in [2.24, 2.45) is 5.92 Å². The molecule has 0 bridgehead atoms. The zero-order valence-electron chi connectivity index (χ0n) is 31.6. The molecule has 3 heterocycles. The number of rotatable bonds is 13. The second-order valence-corrected chi connectivity index (χ2v) is 15.0. The first-order valence-corrected chi connectivity index (χ1v) is 19.3. The monoisotopic (exact) mass is 736 g/mol.